The van der Waals surface area contributed by atoms with Crippen LogP contribution in [0, 0.1) is 5.82 Å². The molecule has 1 aromatic rings. The summed E-state index contributed by atoms with van der Waals surface area (Å²) in [4.78, 5) is 0. The first-order valence-corrected chi connectivity index (χ1v) is 5.27. The van der Waals surface area contributed by atoms with Crippen molar-refractivity contribution in [3.8, 4) is 11.5 Å². The summed E-state index contributed by atoms with van der Waals surface area (Å²) in [5, 5.41) is 3.24. The standard InChI is InChI=1S/C11H15ClFNO2/c1-14-5-4-7-6-8(12)11(16-3)9(13)10(7)15-2/h6,14H,4-5H2,1-3H3. The van der Waals surface area contributed by atoms with E-state index in [0.717, 1.165) is 12.1 Å². The average molecular weight is 248 g/mol. The van der Waals surface area contributed by atoms with Gasteiger partial charge in [-0.1, -0.05) is 11.6 Å². The Hall–Kier alpha value is -1.00. The molecule has 1 aromatic carbocycles. The fraction of sp³-hybridized carbons (Fsp3) is 0.455. The van der Waals surface area contributed by atoms with Crippen LogP contribution in [0.15, 0.2) is 6.07 Å². The zero-order chi connectivity index (χ0) is 12.1. The molecular formula is C11H15ClFNO2. The molecule has 0 aliphatic rings. The predicted octanol–water partition coefficient (Wildman–Crippen LogP) is 2.26. The molecule has 0 saturated carbocycles. The molecule has 16 heavy (non-hydrogen) atoms. The van der Waals surface area contributed by atoms with E-state index in [1.165, 1.54) is 14.2 Å². The highest BCUT2D eigenvalue weighted by molar-refractivity contribution is 6.32. The summed E-state index contributed by atoms with van der Waals surface area (Å²) in [5.74, 6) is -0.341. The van der Waals surface area contributed by atoms with Crippen molar-refractivity contribution in [2.45, 2.75) is 6.42 Å². The highest BCUT2D eigenvalue weighted by atomic mass is 35.5. The first kappa shape index (κ1) is 13.1. The molecule has 1 N–H and O–H groups in total. The molecule has 0 aliphatic heterocycles. The zero-order valence-corrected chi connectivity index (χ0v) is 10.3. The quantitative estimate of drug-likeness (QED) is 0.866. The Bertz CT molecular complexity index is 371. The summed E-state index contributed by atoms with van der Waals surface area (Å²) in [7, 11) is 4.62. The van der Waals surface area contributed by atoms with E-state index in [1.807, 2.05) is 7.05 Å². The van der Waals surface area contributed by atoms with Crippen LogP contribution in [0.2, 0.25) is 5.02 Å². The lowest BCUT2D eigenvalue weighted by molar-refractivity contribution is 0.347. The van der Waals surface area contributed by atoms with Crippen LogP contribution in [0.3, 0.4) is 0 Å². The van der Waals surface area contributed by atoms with Gasteiger partial charge in [-0.25, -0.2) is 0 Å². The summed E-state index contributed by atoms with van der Waals surface area (Å²) >= 11 is 5.90. The highest BCUT2D eigenvalue weighted by Gasteiger charge is 2.18. The fourth-order valence-corrected chi connectivity index (χ4v) is 1.78. The molecule has 5 heteroatoms. The van der Waals surface area contributed by atoms with Crippen molar-refractivity contribution in [2.24, 2.45) is 0 Å². The number of rotatable bonds is 5. The van der Waals surface area contributed by atoms with Crippen LogP contribution in [0.5, 0.6) is 11.5 Å². The summed E-state index contributed by atoms with van der Waals surface area (Å²) in [5.41, 5.74) is 0.722. The second kappa shape index (κ2) is 5.92. The molecule has 0 aromatic heterocycles. The van der Waals surface area contributed by atoms with Gasteiger partial charge in [-0.2, -0.15) is 4.39 Å². The number of likely N-dealkylation sites (N-methyl/N-ethyl adjacent to an activating group) is 1. The minimum absolute atomic E-state index is 0.0201. The SMILES string of the molecule is CNCCc1cc(Cl)c(OC)c(F)c1OC. The van der Waals surface area contributed by atoms with Gasteiger partial charge in [0, 0.05) is 5.56 Å². The zero-order valence-electron chi connectivity index (χ0n) is 9.56. The highest BCUT2D eigenvalue weighted by Crippen LogP contribution is 2.36. The van der Waals surface area contributed by atoms with E-state index in [1.54, 1.807) is 6.07 Å². The minimum atomic E-state index is -0.552. The van der Waals surface area contributed by atoms with Gasteiger partial charge < -0.3 is 14.8 Å². The van der Waals surface area contributed by atoms with E-state index in [4.69, 9.17) is 21.1 Å². The Balaban J connectivity index is 3.18. The molecule has 90 valence electrons. The molecular weight excluding hydrogens is 233 g/mol. The number of halogens is 2. The van der Waals surface area contributed by atoms with Gasteiger partial charge in [0.25, 0.3) is 0 Å². The maximum atomic E-state index is 13.9. The number of hydrogen-bond acceptors (Lipinski definition) is 3. The van der Waals surface area contributed by atoms with Crippen molar-refractivity contribution in [2.75, 3.05) is 27.8 Å². The minimum Gasteiger partial charge on any atom is -0.493 e. The Labute approximate surface area is 99.5 Å². The van der Waals surface area contributed by atoms with Gasteiger partial charge in [0.05, 0.1) is 19.2 Å². The lowest BCUT2D eigenvalue weighted by Gasteiger charge is -2.13. The summed E-state index contributed by atoms with van der Waals surface area (Å²) in [6.45, 7) is 0.721. The van der Waals surface area contributed by atoms with Crippen LogP contribution < -0.4 is 14.8 Å². The smallest absolute Gasteiger partial charge is 0.208 e. The lowest BCUT2D eigenvalue weighted by Crippen LogP contribution is -2.11. The molecule has 0 unspecified atom stereocenters. The molecule has 0 aliphatic carbocycles. The van der Waals surface area contributed by atoms with Crippen molar-refractivity contribution in [3.05, 3.63) is 22.5 Å². The van der Waals surface area contributed by atoms with E-state index in [0.29, 0.717) is 6.42 Å². The number of methoxy groups -OCH3 is 2. The Morgan fingerprint density at radius 2 is 1.94 bits per heavy atom. The molecule has 3 nitrogen and oxygen atoms in total. The van der Waals surface area contributed by atoms with Gasteiger partial charge in [-0.05, 0) is 26.1 Å². The van der Waals surface area contributed by atoms with Crippen molar-refractivity contribution in [1.29, 1.82) is 0 Å². The summed E-state index contributed by atoms with van der Waals surface area (Å²) in [6.07, 6.45) is 0.639. The van der Waals surface area contributed by atoms with Gasteiger partial charge in [0.15, 0.2) is 11.5 Å². The molecule has 0 bridgehead atoms. The normalized spacial score (nSPS) is 10.3. The first-order chi connectivity index (χ1) is 7.65. The number of benzene rings is 1. The Morgan fingerprint density at radius 3 is 2.44 bits per heavy atom. The molecule has 0 amide bonds. The molecule has 0 spiro atoms. The molecule has 0 fully saturated rings. The van der Waals surface area contributed by atoms with Gasteiger partial charge >= 0.3 is 0 Å². The number of hydrogen-bond donors (Lipinski definition) is 1. The van der Waals surface area contributed by atoms with Crippen molar-refractivity contribution in [1.82, 2.24) is 5.32 Å². The first-order valence-electron chi connectivity index (χ1n) is 4.89. The van der Waals surface area contributed by atoms with Gasteiger partial charge in [0.2, 0.25) is 5.82 Å². The second-order valence-corrected chi connectivity index (χ2v) is 3.66. The second-order valence-electron chi connectivity index (χ2n) is 3.25. The van der Waals surface area contributed by atoms with Gasteiger partial charge in [0.1, 0.15) is 0 Å². The lowest BCUT2D eigenvalue weighted by atomic mass is 10.1. The Morgan fingerprint density at radius 1 is 1.31 bits per heavy atom. The van der Waals surface area contributed by atoms with Gasteiger partial charge in [-0.3, -0.25) is 0 Å². The maximum Gasteiger partial charge on any atom is 0.208 e. The van der Waals surface area contributed by atoms with Crippen molar-refractivity contribution >= 4 is 11.6 Å². The molecule has 0 saturated heterocycles. The largest absolute Gasteiger partial charge is 0.493 e. The number of ether oxygens (including phenoxy) is 2. The summed E-state index contributed by atoms with van der Waals surface area (Å²) in [6, 6.07) is 1.67. The topological polar surface area (TPSA) is 30.5 Å². The molecule has 0 radical (unpaired) electrons. The predicted molar refractivity (Wildman–Crippen MR) is 62.1 cm³/mol. The number of nitrogens with one attached hydrogen (secondary N) is 1. The van der Waals surface area contributed by atoms with Gasteiger partial charge in [-0.15, -0.1) is 0 Å². The summed E-state index contributed by atoms with van der Waals surface area (Å²) < 4.78 is 23.8. The van der Waals surface area contributed by atoms with Crippen molar-refractivity contribution < 1.29 is 13.9 Å². The third-order valence-electron chi connectivity index (χ3n) is 2.26. The molecule has 0 heterocycles. The fourth-order valence-electron chi connectivity index (χ4n) is 1.49. The molecule has 0 atom stereocenters. The molecule has 1 rings (SSSR count). The van der Waals surface area contributed by atoms with Crippen LogP contribution in [0.1, 0.15) is 5.56 Å². The van der Waals surface area contributed by atoms with Crippen LogP contribution in [0.4, 0.5) is 4.39 Å². The van der Waals surface area contributed by atoms with E-state index >= 15 is 0 Å². The maximum absolute atomic E-state index is 13.9. The third-order valence-corrected chi connectivity index (χ3v) is 2.54. The van der Waals surface area contributed by atoms with E-state index < -0.39 is 5.82 Å². The van der Waals surface area contributed by atoms with E-state index in [-0.39, 0.29) is 16.5 Å². The third kappa shape index (κ3) is 2.57. The van der Waals surface area contributed by atoms with Crippen molar-refractivity contribution in [3.63, 3.8) is 0 Å². The Kier molecular flexibility index (Phi) is 4.83. The monoisotopic (exact) mass is 247 g/mol. The van der Waals surface area contributed by atoms with E-state index in [9.17, 15) is 4.39 Å². The van der Waals surface area contributed by atoms with Crippen LogP contribution in [-0.4, -0.2) is 27.8 Å². The van der Waals surface area contributed by atoms with E-state index in [2.05, 4.69) is 5.32 Å². The van der Waals surface area contributed by atoms with Crippen LogP contribution in [0.25, 0.3) is 0 Å². The van der Waals surface area contributed by atoms with Crippen LogP contribution >= 0.6 is 11.6 Å². The van der Waals surface area contributed by atoms with Crippen LogP contribution in [-0.2, 0) is 6.42 Å². The average Bonchev–Trinajstić information content (AvgIpc) is 2.26.